The SMILES string of the molecule is CNC(=O)c1ccccc1Sc1ccc2c(/C=C/c3ccccn3)nn(P(=O)(C[C@@H](C)C(=O)OC)Oc3ccc(F)cc3)c2c1. The van der Waals surface area contributed by atoms with E-state index >= 15 is 0 Å². The maximum absolute atomic E-state index is 14.9. The summed E-state index contributed by atoms with van der Waals surface area (Å²) in [7, 11) is -1.19. The van der Waals surface area contributed by atoms with Gasteiger partial charge in [0.15, 0.2) is 0 Å². The first-order chi connectivity index (χ1) is 21.7. The number of halogens is 1. The Hall–Kier alpha value is -4.73. The molecule has 12 heteroatoms. The molecule has 0 radical (unpaired) electrons. The van der Waals surface area contributed by atoms with E-state index in [1.807, 2.05) is 48.5 Å². The number of aromatic nitrogens is 3. The van der Waals surface area contributed by atoms with Crippen molar-refractivity contribution in [3.05, 3.63) is 114 Å². The van der Waals surface area contributed by atoms with Crippen LogP contribution in [-0.4, -0.2) is 46.7 Å². The minimum atomic E-state index is -4.03. The second-order valence-corrected chi connectivity index (χ2v) is 13.3. The fourth-order valence-electron chi connectivity index (χ4n) is 4.60. The van der Waals surface area contributed by atoms with E-state index in [-0.39, 0.29) is 17.8 Å². The molecule has 230 valence electrons. The van der Waals surface area contributed by atoms with Gasteiger partial charge in [-0.25, -0.2) is 4.39 Å². The molecule has 0 spiro atoms. The van der Waals surface area contributed by atoms with Crippen LogP contribution in [0.25, 0.3) is 23.1 Å². The fourth-order valence-corrected chi connectivity index (χ4v) is 7.90. The molecule has 1 N–H and O–H groups in total. The number of amides is 1. The molecule has 0 aliphatic rings. The lowest BCUT2D eigenvalue weighted by Crippen LogP contribution is -2.21. The third-order valence-electron chi connectivity index (χ3n) is 6.81. The standard InChI is InChI=1S/C33H30FN4O5PS/c1-22(33(40)42-3)21-44(41,43-25-14-11-23(34)12-15-25)38-30-20-26(45-31-10-5-4-9-28(31)32(39)35-2)16-17-27(30)29(37-38)18-13-24-8-6-7-19-36-24/h4-20,22H,21H2,1-3H3,(H,35,39)/b18-13+/t22-,44?/m1/s1. The third-order valence-corrected chi connectivity index (χ3v) is 10.3. The summed E-state index contributed by atoms with van der Waals surface area (Å²) in [6, 6.07) is 23.4. The number of fused-ring (bicyclic) bond motifs is 1. The molecule has 0 fully saturated rings. The molecule has 2 heterocycles. The van der Waals surface area contributed by atoms with E-state index < -0.39 is 25.2 Å². The van der Waals surface area contributed by atoms with Gasteiger partial charge in [-0.05, 0) is 78.9 Å². The van der Waals surface area contributed by atoms with Crippen LogP contribution in [0.3, 0.4) is 0 Å². The zero-order chi connectivity index (χ0) is 32.0. The van der Waals surface area contributed by atoms with Crippen LogP contribution in [0.5, 0.6) is 5.75 Å². The molecular formula is C33H30FN4O5PS. The van der Waals surface area contributed by atoms with Gasteiger partial charge in [-0.3, -0.25) is 19.1 Å². The van der Waals surface area contributed by atoms with E-state index in [0.29, 0.717) is 27.9 Å². The number of pyridine rings is 1. The second-order valence-electron chi connectivity index (χ2n) is 10.0. The van der Waals surface area contributed by atoms with Crippen LogP contribution in [-0.2, 0) is 14.1 Å². The second kappa shape index (κ2) is 13.9. The molecule has 2 atom stereocenters. The van der Waals surface area contributed by atoms with Gasteiger partial charge in [-0.2, -0.15) is 9.55 Å². The van der Waals surface area contributed by atoms with Crippen molar-refractivity contribution in [1.82, 2.24) is 19.9 Å². The van der Waals surface area contributed by atoms with Gasteiger partial charge in [0.2, 0.25) is 0 Å². The monoisotopic (exact) mass is 644 g/mol. The van der Waals surface area contributed by atoms with Crippen LogP contribution in [0.2, 0.25) is 0 Å². The smallest absolute Gasteiger partial charge is 0.364 e. The van der Waals surface area contributed by atoms with E-state index in [2.05, 4.69) is 10.3 Å². The molecule has 9 nitrogen and oxygen atoms in total. The molecule has 0 saturated carbocycles. The minimum Gasteiger partial charge on any atom is -0.469 e. The minimum absolute atomic E-state index is 0.149. The number of nitrogens with zero attached hydrogens (tertiary/aromatic N) is 3. The van der Waals surface area contributed by atoms with E-state index in [0.717, 1.165) is 9.79 Å². The number of methoxy groups -OCH3 is 1. The number of ether oxygens (including phenoxy) is 1. The molecular weight excluding hydrogens is 614 g/mol. The summed E-state index contributed by atoms with van der Waals surface area (Å²) >= 11 is 1.36. The molecule has 1 amide bonds. The van der Waals surface area contributed by atoms with Gasteiger partial charge >= 0.3 is 13.5 Å². The highest BCUT2D eigenvalue weighted by molar-refractivity contribution is 7.99. The topological polar surface area (TPSA) is 112 Å². The summed E-state index contributed by atoms with van der Waals surface area (Å²) in [6.07, 6.45) is 4.99. The van der Waals surface area contributed by atoms with Crippen molar-refractivity contribution >= 4 is 54.2 Å². The number of hydrogen-bond acceptors (Lipinski definition) is 8. The maximum atomic E-state index is 14.9. The van der Waals surface area contributed by atoms with Gasteiger partial charge in [-0.15, -0.1) is 0 Å². The third kappa shape index (κ3) is 7.33. The van der Waals surface area contributed by atoms with E-state index in [1.54, 1.807) is 44.5 Å². The summed E-state index contributed by atoms with van der Waals surface area (Å²) in [5, 5.41) is 8.08. The van der Waals surface area contributed by atoms with Crippen molar-refractivity contribution < 1.29 is 27.8 Å². The number of nitrogens with one attached hydrogen (secondary N) is 1. The molecule has 1 unspecified atom stereocenters. The van der Waals surface area contributed by atoms with Gasteiger partial charge in [0, 0.05) is 28.4 Å². The highest BCUT2D eigenvalue weighted by atomic mass is 32.2. The van der Waals surface area contributed by atoms with Crippen molar-refractivity contribution in [2.75, 3.05) is 20.3 Å². The van der Waals surface area contributed by atoms with E-state index in [4.69, 9.17) is 14.4 Å². The quantitative estimate of drug-likeness (QED) is 0.119. The molecule has 5 aromatic rings. The zero-order valence-corrected chi connectivity index (χ0v) is 26.4. The van der Waals surface area contributed by atoms with Crippen LogP contribution < -0.4 is 9.84 Å². The van der Waals surface area contributed by atoms with E-state index in [9.17, 15) is 18.5 Å². The molecule has 0 saturated heterocycles. The molecule has 0 bridgehead atoms. The van der Waals surface area contributed by atoms with Gasteiger partial charge in [0.1, 0.15) is 11.6 Å². The lowest BCUT2D eigenvalue weighted by atomic mass is 10.2. The highest BCUT2D eigenvalue weighted by Crippen LogP contribution is 2.52. The number of carbonyl (C=O) groups excluding carboxylic acids is 2. The first-order valence-electron chi connectivity index (χ1n) is 13.9. The Balaban J connectivity index is 1.67. The van der Waals surface area contributed by atoms with Crippen molar-refractivity contribution in [3.8, 4) is 5.75 Å². The van der Waals surface area contributed by atoms with Crippen LogP contribution in [0.15, 0.2) is 101 Å². The molecule has 3 aromatic carbocycles. The summed E-state index contributed by atoms with van der Waals surface area (Å²) in [4.78, 5) is 30.8. The summed E-state index contributed by atoms with van der Waals surface area (Å²) < 4.78 is 41.0. The number of rotatable bonds is 11. The van der Waals surface area contributed by atoms with Gasteiger partial charge in [-0.1, -0.05) is 36.9 Å². The lowest BCUT2D eigenvalue weighted by molar-refractivity contribution is -0.144. The van der Waals surface area contributed by atoms with Gasteiger partial charge < -0.3 is 14.6 Å². The predicted molar refractivity (Wildman–Crippen MR) is 173 cm³/mol. The van der Waals surface area contributed by atoms with Crippen LogP contribution in [0.1, 0.15) is 28.7 Å². The zero-order valence-electron chi connectivity index (χ0n) is 24.7. The first-order valence-corrected chi connectivity index (χ1v) is 16.5. The summed E-state index contributed by atoms with van der Waals surface area (Å²) in [5.41, 5.74) is 2.17. The Morgan fingerprint density at radius 2 is 1.80 bits per heavy atom. The molecule has 5 rings (SSSR count). The molecule has 2 aromatic heterocycles. The highest BCUT2D eigenvalue weighted by Gasteiger charge is 2.36. The normalized spacial score (nSPS) is 13.3. The van der Waals surface area contributed by atoms with Crippen molar-refractivity contribution in [2.24, 2.45) is 5.92 Å². The largest absolute Gasteiger partial charge is 0.469 e. The maximum Gasteiger partial charge on any atom is 0.364 e. The van der Waals surface area contributed by atoms with Crippen LogP contribution >= 0.6 is 19.3 Å². The average Bonchev–Trinajstić information content (AvgIpc) is 3.43. The number of hydrogen-bond donors (Lipinski definition) is 1. The summed E-state index contributed by atoms with van der Waals surface area (Å²) in [6.45, 7) is 1.59. The van der Waals surface area contributed by atoms with Crippen LogP contribution in [0, 0.1) is 11.7 Å². The van der Waals surface area contributed by atoms with Crippen molar-refractivity contribution in [1.29, 1.82) is 0 Å². The average molecular weight is 645 g/mol. The number of carbonyl (C=O) groups is 2. The molecule has 0 aliphatic carbocycles. The predicted octanol–water partition coefficient (Wildman–Crippen LogP) is 7.18. The summed E-state index contributed by atoms with van der Waals surface area (Å²) in [5.74, 6) is -1.93. The molecule has 0 aliphatic heterocycles. The number of benzene rings is 3. The van der Waals surface area contributed by atoms with Crippen molar-refractivity contribution in [3.63, 3.8) is 0 Å². The Bertz CT molecular complexity index is 1910. The Labute approximate surface area is 264 Å². The Morgan fingerprint density at radius 1 is 1.04 bits per heavy atom. The first kappa shape index (κ1) is 31.7. The fraction of sp³-hybridized carbons (Fsp3) is 0.152. The van der Waals surface area contributed by atoms with Crippen molar-refractivity contribution in [2.45, 2.75) is 16.7 Å². The number of esters is 1. The van der Waals surface area contributed by atoms with Gasteiger partial charge in [0.05, 0.1) is 41.7 Å². The Kier molecular flexibility index (Phi) is 9.80. The van der Waals surface area contributed by atoms with Crippen LogP contribution in [0.4, 0.5) is 4.39 Å². The van der Waals surface area contributed by atoms with Gasteiger partial charge in [0.25, 0.3) is 5.91 Å². The van der Waals surface area contributed by atoms with E-state index in [1.165, 1.54) is 47.6 Å². The Morgan fingerprint density at radius 3 is 2.51 bits per heavy atom. The lowest BCUT2D eigenvalue weighted by Gasteiger charge is -2.22. The molecule has 45 heavy (non-hydrogen) atoms.